The van der Waals surface area contributed by atoms with Gasteiger partial charge >= 0.3 is 0 Å². The van der Waals surface area contributed by atoms with E-state index in [9.17, 15) is 0 Å². The summed E-state index contributed by atoms with van der Waals surface area (Å²) in [6.07, 6.45) is 9.26. The molecule has 0 spiro atoms. The molecule has 0 aliphatic heterocycles. The van der Waals surface area contributed by atoms with Crippen LogP contribution < -0.4 is 0 Å². The molecule has 0 radical (unpaired) electrons. The van der Waals surface area contributed by atoms with Gasteiger partial charge in [0.1, 0.15) is 5.65 Å². The van der Waals surface area contributed by atoms with Crippen LogP contribution in [0.5, 0.6) is 0 Å². The smallest absolute Gasteiger partial charge is 0.148 e. The maximum atomic E-state index is 5.45. The molecule has 0 bridgehead atoms. The number of benzene rings is 3. The van der Waals surface area contributed by atoms with Gasteiger partial charge in [-0.1, -0.05) is 48.5 Å². The molecule has 0 aliphatic rings. The summed E-state index contributed by atoms with van der Waals surface area (Å²) in [5.74, 6) is 0. The maximum Gasteiger partial charge on any atom is 0.148 e. The van der Waals surface area contributed by atoms with E-state index in [1.54, 1.807) is 12.4 Å². The predicted octanol–water partition coefficient (Wildman–Crippen LogP) is 8.79. The average Bonchev–Trinajstić information content (AvgIpc) is 3.60. The van der Waals surface area contributed by atoms with Crippen LogP contribution in [0.4, 0.5) is 0 Å². The fraction of sp³-hybridized carbons (Fsp3) is 0. The topological polar surface area (TPSA) is 61.4 Å². The summed E-state index contributed by atoms with van der Waals surface area (Å²) in [5.41, 5.74) is 12.2. The minimum Gasteiger partial charge on any atom is -0.308 e. The molecular weight excluding hydrogens is 540 g/mol. The number of rotatable bonds is 4. The maximum absolute atomic E-state index is 5.45. The highest BCUT2D eigenvalue weighted by atomic mass is 15.1. The van der Waals surface area contributed by atoms with E-state index < -0.39 is 0 Å². The van der Waals surface area contributed by atoms with Crippen molar-refractivity contribution in [2.24, 2.45) is 0 Å². The monoisotopic (exact) mass is 564 g/mol. The molecule has 0 aliphatic carbocycles. The summed E-state index contributed by atoms with van der Waals surface area (Å²) in [6, 6.07) is 40.1. The van der Waals surface area contributed by atoms with E-state index in [1.807, 2.05) is 42.9 Å². The van der Waals surface area contributed by atoms with Crippen molar-refractivity contribution < 1.29 is 0 Å². The van der Waals surface area contributed by atoms with E-state index in [1.165, 1.54) is 0 Å². The van der Waals surface area contributed by atoms with Gasteiger partial charge in [0, 0.05) is 64.3 Å². The Morgan fingerprint density at radius 1 is 0.432 bits per heavy atom. The molecule has 0 atom stereocenters. The molecule has 6 heterocycles. The number of nitrogens with zero attached hydrogens (tertiary/aromatic N) is 6. The van der Waals surface area contributed by atoms with Gasteiger partial charge < -0.3 is 4.57 Å². The number of fused-ring (bicyclic) bond motifs is 6. The Morgan fingerprint density at radius 3 is 1.84 bits per heavy atom. The van der Waals surface area contributed by atoms with Gasteiger partial charge in [-0.15, -0.1) is 0 Å². The van der Waals surface area contributed by atoms with Gasteiger partial charge in [0.2, 0.25) is 0 Å². The van der Waals surface area contributed by atoms with Crippen molar-refractivity contribution in [3.8, 4) is 33.6 Å². The van der Waals surface area contributed by atoms with Crippen LogP contribution >= 0.6 is 0 Å². The van der Waals surface area contributed by atoms with Crippen molar-refractivity contribution in [2.45, 2.75) is 0 Å². The molecule has 44 heavy (non-hydrogen) atoms. The summed E-state index contributed by atoms with van der Waals surface area (Å²) < 4.78 is 4.54. The van der Waals surface area contributed by atoms with E-state index >= 15 is 0 Å². The number of pyridine rings is 4. The van der Waals surface area contributed by atoms with Crippen LogP contribution in [0.25, 0.3) is 77.6 Å². The number of hydrogen-bond donors (Lipinski definition) is 0. The Kier molecular flexibility index (Phi) is 5.40. The summed E-state index contributed by atoms with van der Waals surface area (Å²) in [5, 5.41) is 2.11. The third-order valence-electron chi connectivity index (χ3n) is 8.30. The molecule has 6 aromatic heterocycles. The van der Waals surface area contributed by atoms with Crippen LogP contribution in [0.2, 0.25) is 0 Å². The van der Waals surface area contributed by atoms with Gasteiger partial charge in [-0.3, -0.25) is 19.5 Å². The third-order valence-corrected chi connectivity index (χ3v) is 8.30. The van der Waals surface area contributed by atoms with Crippen LogP contribution in [0.15, 0.2) is 146 Å². The molecule has 3 aromatic carbocycles. The van der Waals surface area contributed by atoms with Crippen molar-refractivity contribution in [1.29, 1.82) is 0 Å². The zero-order chi connectivity index (χ0) is 29.0. The van der Waals surface area contributed by atoms with Gasteiger partial charge in [0.15, 0.2) is 0 Å². The normalized spacial score (nSPS) is 11.6. The van der Waals surface area contributed by atoms with Gasteiger partial charge in [0.25, 0.3) is 0 Å². The molecule has 206 valence electrons. The minimum absolute atomic E-state index is 0.864. The van der Waals surface area contributed by atoms with Crippen LogP contribution in [-0.2, 0) is 0 Å². The highest BCUT2D eigenvalue weighted by Gasteiger charge is 2.21. The standard InChI is InChI=1S/C38H24N6/c1-2-11-29(12-3-1)43-33-14-5-4-13-31(33)37-35(43)22-32-36-34(15-8-18-41-36)44(38(32)42-37)30-20-27(25-9-6-16-39-23-25)19-28(21-30)26-10-7-17-40-24-26/h1-24H. The Hall–Kier alpha value is -6.14. The first kappa shape index (κ1) is 24.5. The molecule has 0 N–H and O–H groups in total. The largest absolute Gasteiger partial charge is 0.308 e. The van der Waals surface area contributed by atoms with Crippen LogP contribution in [-0.4, -0.2) is 29.1 Å². The van der Waals surface area contributed by atoms with E-state index in [0.29, 0.717) is 0 Å². The van der Waals surface area contributed by atoms with Gasteiger partial charge in [-0.05, 0) is 77.9 Å². The summed E-state index contributed by atoms with van der Waals surface area (Å²) in [4.78, 5) is 19.1. The number of para-hydroxylation sites is 2. The zero-order valence-electron chi connectivity index (χ0n) is 23.5. The van der Waals surface area contributed by atoms with E-state index in [0.717, 1.165) is 77.6 Å². The second kappa shape index (κ2) is 9.71. The number of aromatic nitrogens is 6. The Balaban J connectivity index is 1.40. The van der Waals surface area contributed by atoms with E-state index in [2.05, 4.69) is 110 Å². The van der Waals surface area contributed by atoms with Crippen LogP contribution in [0, 0.1) is 0 Å². The zero-order valence-corrected chi connectivity index (χ0v) is 23.5. The fourth-order valence-corrected chi connectivity index (χ4v) is 6.36. The molecule has 0 saturated carbocycles. The first-order valence-corrected chi connectivity index (χ1v) is 14.5. The van der Waals surface area contributed by atoms with Gasteiger partial charge in [0.05, 0.1) is 27.6 Å². The van der Waals surface area contributed by atoms with E-state index in [-0.39, 0.29) is 0 Å². The quantitative estimate of drug-likeness (QED) is 0.214. The third kappa shape index (κ3) is 3.75. The van der Waals surface area contributed by atoms with Gasteiger partial charge in [-0.25, -0.2) is 4.98 Å². The lowest BCUT2D eigenvalue weighted by atomic mass is 9.99. The molecule has 0 fully saturated rings. The van der Waals surface area contributed by atoms with Crippen molar-refractivity contribution in [3.05, 3.63) is 146 Å². The summed E-state index contributed by atoms with van der Waals surface area (Å²) in [6.45, 7) is 0. The lowest BCUT2D eigenvalue weighted by Crippen LogP contribution is -1.98. The lowest BCUT2D eigenvalue weighted by Gasteiger charge is -2.13. The Bertz CT molecular complexity index is 2420. The molecule has 0 amide bonds. The fourth-order valence-electron chi connectivity index (χ4n) is 6.36. The number of hydrogen-bond acceptors (Lipinski definition) is 4. The molecular formula is C38H24N6. The first-order chi connectivity index (χ1) is 21.8. The summed E-state index contributed by atoms with van der Waals surface area (Å²) in [7, 11) is 0. The molecule has 9 rings (SSSR count). The Morgan fingerprint density at radius 2 is 1.11 bits per heavy atom. The van der Waals surface area contributed by atoms with Crippen molar-refractivity contribution in [3.63, 3.8) is 0 Å². The van der Waals surface area contributed by atoms with Crippen LogP contribution in [0.1, 0.15) is 0 Å². The van der Waals surface area contributed by atoms with Crippen molar-refractivity contribution in [2.75, 3.05) is 0 Å². The molecule has 6 nitrogen and oxygen atoms in total. The predicted molar refractivity (Wildman–Crippen MR) is 177 cm³/mol. The average molecular weight is 565 g/mol. The molecule has 6 heteroatoms. The molecule has 0 unspecified atom stereocenters. The van der Waals surface area contributed by atoms with Crippen molar-refractivity contribution >= 4 is 44.0 Å². The van der Waals surface area contributed by atoms with E-state index in [4.69, 9.17) is 9.97 Å². The minimum atomic E-state index is 0.864. The molecule has 9 aromatic rings. The molecule has 0 saturated heterocycles. The van der Waals surface area contributed by atoms with Crippen LogP contribution in [0.3, 0.4) is 0 Å². The van der Waals surface area contributed by atoms with Crippen molar-refractivity contribution in [1.82, 2.24) is 29.1 Å². The second-order valence-corrected chi connectivity index (χ2v) is 10.9. The highest BCUT2D eigenvalue weighted by molar-refractivity contribution is 6.14. The highest BCUT2D eigenvalue weighted by Crippen LogP contribution is 2.38. The Labute approximate surface area is 252 Å². The summed E-state index contributed by atoms with van der Waals surface area (Å²) >= 11 is 0. The van der Waals surface area contributed by atoms with Gasteiger partial charge in [-0.2, -0.15) is 0 Å². The second-order valence-electron chi connectivity index (χ2n) is 10.9. The first-order valence-electron chi connectivity index (χ1n) is 14.5. The SMILES string of the molecule is c1ccc(-n2c3ccccc3c3nc4c(cc32)c2ncccc2n4-c2cc(-c3cccnc3)cc(-c3cccnc3)c2)cc1. The lowest BCUT2D eigenvalue weighted by molar-refractivity contribution is 1.14.